The quantitative estimate of drug-likeness (QED) is 0.514. The van der Waals surface area contributed by atoms with Crippen LogP contribution in [0.3, 0.4) is 0 Å². The third kappa shape index (κ3) is 3.72. The third-order valence-corrected chi connectivity index (χ3v) is 2.76. The summed E-state index contributed by atoms with van der Waals surface area (Å²) in [5.74, 6) is 0.0618. The fourth-order valence-corrected chi connectivity index (χ4v) is 1.91. The van der Waals surface area contributed by atoms with Crippen LogP contribution in [0.4, 0.5) is 5.69 Å². The number of hydrogen-bond acceptors (Lipinski definition) is 4. The number of nitrogens with zero attached hydrogens (tertiary/aromatic N) is 1. The van der Waals surface area contributed by atoms with Crippen molar-refractivity contribution in [2.75, 3.05) is 32.2 Å². The standard InChI is InChI=1S/C13H21N3O2/c1-9-6-10(13(14)15)4-5-12(9)16(2)7-11(17)8-18-3/h4-6,11,17H,7-8H2,1-3H3,(H3,14,15). The van der Waals surface area contributed by atoms with Crippen molar-refractivity contribution in [2.45, 2.75) is 13.0 Å². The number of aliphatic hydroxyl groups excluding tert-OH is 1. The van der Waals surface area contributed by atoms with Gasteiger partial charge >= 0.3 is 0 Å². The first-order valence-corrected chi connectivity index (χ1v) is 5.79. The van der Waals surface area contributed by atoms with Gasteiger partial charge in [-0.3, -0.25) is 5.41 Å². The second-order valence-electron chi connectivity index (χ2n) is 4.40. The van der Waals surface area contributed by atoms with Crippen molar-refractivity contribution < 1.29 is 9.84 Å². The highest BCUT2D eigenvalue weighted by molar-refractivity contribution is 5.95. The van der Waals surface area contributed by atoms with Gasteiger partial charge in [0.25, 0.3) is 0 Å². The Hall–Kier alpha value is -1.59. The van der Waals surface area contributed by atoms with Gasteiger partial charge in [-0.2, -0.15) is 0 Å². The third-order valence-electron chi connectivity index (χ3n) is 2.76. The largest absolute Gasteiger partial charge is 0.389 e. The van der Waals surface area contributed by atoms with Gasteiger partial charge in [0.2, 0.25) is 0 Å². The Kier molecular flexibility index (Phi) is 5.12. The molecule has 0 spiro atoms. The van der Waals surface area contributed by atoms with Gasteiger partial charge in [0, 0.05) is 32.0 Å². The molecule has 0 bridgehead atoms. The molecule has 0 aliphatic carbocycles. The second-order valence-corrected chi connectivity index (χ2v) is 4.40. The van der Waals surface area contributed by atoms with E-state index < -0.39 is 6.10 Å². The van der Waals surface area contributed by atoms with E-state index in [0.717, 1.165) is 11.3 Å². The molecule has 5 nitrogen and oxygen atoms in total. The summed E-state index contributed by atoms with van der Waals surface area (Å²) < 4.78 is 4.90. The number of ether oxygens (including phenoxy) is 1. The molecule has 0 aromatic heterocycles. The van der Waals surface area contributed by atoms with E-state index in [2.05, 4.69) is 0 Å². The molecule has 0 heterocycles. The molecule has 0 aliphatic heterocycles. The monoisotopic (exact) mass is 251 g/mol. The first-order valence-electron chi connectivity index (χ1n) is 5.79. The molecule has 5 heteroatoms. The summed E-state index contributed by atoms with van der Waals surface area (Å²) in [6.45, 7) is 2.77. The predicted octanol–water partition coefficient (Wildman–Crippen LogP) is 0.723. The van der Waals surface area contributed by atoms with E-state index in [1.807, 2.05) is 37.1 Å². The molecule has 1 aromatic carbocycles. The number of rotatable bonds is 6. The van der Waals surface area contributed by atoms with Gasteiger partial charge in [0.05, 0.1) is 12.7 Å². The zero-order valence-electron chi connectivity index (χ0n) is 11.1. The van der Waals surface area contributed by atoms with Crippen LogP contribution in [-0.2, 0) is 4.74 Å². The summed E-state index contributed by atoms with van der Waals surface area (Å²) in [6.07, 6.45) is -0.521. The lowest BCUT2D eigenvalue weighted by atomic mass is 10.1. The van der Waals surface area contributed by atoms with Crippen molar-refractivity contribution in [3.8, 4) is 0 Å². The molecule has 1 rings (SSSR count). The molecule has 0 saturated heterocycles. The number of methoxy groups -OCH3 is 1. The van der Waals surface area contributed by atoms with Crippen LogP contribution in [0.5, 0.6) is 0 Å². The van der Waals surface area contributed by atoms with Crippen LogP contribution in [-0.4, -0.2) is 44.4 Å². The average Bonchev–Trinajstić information content (AvgIpc) is 2.28. The molecule has 1 atom stereocenters. The molecule has 0 radical (unpaired) electrons. The second kappa shape index (κ2) is 6.37. The van der Waals surface area contributed by atoms with E-state index in [-0.39, 0.29) is 5.84 Å². The zero-order valence-corrected chi connectivity index (χ0v) is 11.1. The summed E-state index contributed by atoms with van der Waals surface area (Å²) in [7, 11) is 3.48. The highest BCUT2D eigenvalue weighted by Crippen LogP contribution is 2.20. The number of nitrogens with one attached hydrogen (secondary N) is 1. The Morgan fingerprint density at radius 3 is 2.72 bits per heavy atom. The summed E-state index contributed by atoms with van der Waals surface area (Å²) in [6, 6.07) is 5.59. The minimum Gasteiger partial charge on any atom is -0.389 e. The number of nitrogen functional groups attached to an aromatic ring is 1. The number of anilines is 1. The Morgan fingerprint density at radius 2 is 2.22 bits per heavy atom. The molecule has 18 heavy (non-hydrogen) atoms. The number of aryl methyl sites for hydroxylation is 1. The molecule has 1 aromatic rings. The highest BCUT2D eigenvalue weighted by Gasteiger charge is 2.11. The number of nitrogens with two attached hydrogens (primary N) is 1. The molecule has 4 N–H and O–H groups in total. The van der Waals surface area contributed by atoms with Gasteiger partial charge in [0.15, 0.2) is 0 Å². The first kappa shape index (κ1) is 14.5. The summed E-state index contributed by atoms with van der Waals surface area (Å²) >= 11 is 0. The van der Waals surface area contributed by atoms with Gasteiger partial charge in [-0.1, -0.05) is 0 Å². The Morgan fingerprint density at radius 1 is 1.56 bits per heavy atom. The van der Waals surface area contributed by atoms with Crippen LogP contribution in [0.2, 0.25) is 0 Å². The van der Waals surface area contributed by atoms with Crippen molar-refractivity contribution in [2.24, 2.45) is 5.73 Å². The van der Waals surface area contributed by atoms with Crippen LogP contribution < -0.4 is 10.6 Å². The summed E-state index contributed by atoms with van der Waals surface area (Å²) in [5, 5.41) is 17.1. The molecular weight excluding hydrogens is 230 g/mol. The van der Waals surface area contributed by atoms with Crippen LogP contribution in [0.15, 0.2) is 18.2 Å². The Bertz CT molecular complexity index is 421. The maximum Gasteiger partial charge on any atom is 0.122 e. The van der Waals surface area contributed by atoms with E-state index in [1.54, 1.807) is 7.11 Å². The average molecular weight is 251 g/mol. The van der Waals surface area contributed by atoms with Crippen LogP contribution >= 0.6 is 0 Å². The fourth-order valence-electron chi connectivity index (χ4n) is 1.91. The fraction of sp³-hybridized carbons (Fsp3) is 0.462. The van der Waals surface area contributed by atoms with Crippen LogP contribution in [0.1, 0.15) is 11.1 Å². The SMILES string of the molecule is COCC(O)CN(C)c1ccc(C(=N)N)cc1C. The number of likely N-dealkylation sites (N-methyl/N-ethyl adjacent to an activating group) is 1. The number of hydrogen-bond donors (Lipinski definition) is 3. The minimum absolute atomic E-state index is 0.0618. The Balaban J connectivity index is 2.80. The van der Waals surface area contributed by atoms with E-state index in [9.17, 15) is 5.11 Å². The molecule has 0 saturated carbocycles. The highest BCUT2D eigenvalue weighted by atomic mass is 16.5. The zero-order chi connectivity index (χ0) is 13.7. The molecule has 0 aliphatic rings. The lowest BCUT2D eigenvalue weighted by Crippen LogP contribution is -2.32. The minimum atomic E-state index is -0.521. The maximum atomic E-state index is 9.69. The molecular formula is C13H21N3O2. The van der Waals surface area contributed by atoms with E-state index in [0.29, 0.717) is 18.7 Å². The molecule has 1 unspecified atom stereocenters. The summed E-state index contributed by atoms with van der Waals surface area (Å²) in [5.41, 5.74) is 8.18. The van der Waals surface area contributed by atoms with Crippen LogP contribution in [0.25, 0.3) is 0 Å². The van der Waals surface area contributed by atoms with Crippen molar-refractivity contribution in [3.63, 3.8) is 0 Å². The van der Waals surface area contributed by atoms with E-state index >= 15 is 0 Å². The van der Waals surface area contributed by atoms with Gasteiger partial charge in [-0.15, -0.1) is 0 Å². The number of benzene rings is 1. The van der Waals surface area contributed by atoms with Crippen LogP contribution in [0, 0.1) is 12.3 Å². The molecule has 100 valence electrons. The van der Waals surface area contributed by atoms with Gasteiger partial charge < -0.3 is 20.5 Å². The number of amidine groups is 1. The van der Waals surface area contributed by atoms with Crippen molar-refractivity contribution >= 4 is 11.5 Å². The van der Waals surface area contributed by atoms with Crippen molar-refractivity contribution in [1.29, 1.82) is 5.41 Å². The lowest BCUT2D eigenvalue weighted by molar-refractivity contribution is 0.0695. The van der Waals surface area contributed by atoms with E-state index in [1.165, 1.54) is 0 Å². The predicted molar refractivity (Wildman–Crippen MR) is 73.3 cm³/mol. The van der Waals surface area contributed by atoms with Gasteiger partial charge in [0.1, 0.15) is 5.84 Å². The van der Waals surface area contributed by atoms with Crippen molar-refractivity contribution in [1.82, 2.24) is 0 Å². The van der Waals surface area contributed by atoms with Gasteiger partial charge in [-0.05, 0) is 30.7 Å². The molecule has 0 fully saturated rings. The lowest BCUT2D eigenvalue weighted by Gasteiger charge is -2.24. The smallest absolute Gasteiger partial charge is 0.122 e. The van der Waals surface area contributed by atoms with Crippen molar-refractivity contribution in [3.05, 3.63) is 29.3 Å². The molecule has 0 amide bonds. The van der Waals surface area contributed by atoms with E-state index in [4.69, 9.17) is 15.9 Å². The normalized spacial score (nSPS) is 12.2. The first-order chi connectivity index (χ1) is 8.45. The Labute approximate surface area is 108 Å². The topological polar surface area (TPSA) is 82.6 Å². The maximum absolute atomic E-state index is 9.69. The summed E-state index contributed by atoms with van der Waals surface area (Å²) in [4.78, 5) is 1.96. The number of aliphatic hydroxyl groups is 1. The van der Waals surface area contributed by atoms with Gasteiger partial charge in [-0.25, -0.2) is 0 Å².